The zero-order valence-electron chi connectivity index (χ0n) is 15.2. The Labute approximate surface area is 160 Å². The highest BCUT2D eigenvalue weighted by atomic mass is 32.1. The molecule has 0 spiro atoms. The standard InChI is InChI=1S/C21H19N3O2S/c1-3-14-8-6-7-13(2)18(14)23-17(25)11-24-12-22-19-15-9-4-5-10-16(15)27-20(19)21(24)26/h4-10,12H,3,11H2,1-2H3,(H,23,25). The summed E-state index contributed by atoms with van der Waals surface area (Å²) in [5.74, 6) is -0.233. The van der Waals surface area contributed by atoms with Crippen molar-refractivity contribution in [2.45, 2.75) is 26.8 Å². The minimum Gasteiger partial charge on any atom is -0.324 e. The van der Waals surface area contributed by atoms with Crippen molar-refractivity contribution in [2.75, 3.05) is 5.32 Å². The van der Waals surface area contributed by atoms with Crippen molar-refractivity contribution in [3.05, 3.63) is 70.3 Å². The van der Waals surface area contributed by atoms with Gasteiger partial charge < -0.3 is 5.32 Å². The number of nitrogens with zero attached hydrogens (tertiary/aromatic N) is 2. The van der Waals surface area contributed by atoms with Crippen molar-refractivity contribution in [1.82, 2.24) is 9.55 Å². The summed E-state index contributed by atoms with van der Waals surface area (Å²) in [4.78, 5) is 29.8. The fourth-order valence-corrected chi connectivity index (χ4v) is 4.37. The number of aryl methyl sites for hydroxylation is 2. The monoisotopic (exact) mass is 377 g/mol. The first-order chi connectivity index (χ1) is 13.1. The second kappa shape index (κ2) is 6.96. The number of rotatable bonds is 4. The fourth-order valence-electron chi connectivity index (χ4n) is 3.26. The van der Waals surface area contributed by atoms with Crippen LogP contribution in [0.2, 0.25) is 0 Å². The molecule has 5 nitrogen and oxygen atoms in total. The SMILES string of the molecule is CCc1cccc(C)c1NC(=O)Cn1cnc2c(sc3ccccc32)c1=O. The molecule has 4 aromatic rings. The molecule has 0 aliphatic rings. The van der Waals surface area contributed by atoms with Crippen molar-refractivity contribution in [1.29, 1.82) is 0 Å². The number of hydrogen-bond acceptors (Lipinski definition) is 4. The highest BCUT2D eigenvalue weighted by Gasteiger charge is 2.14. The summed E-state index contributed by atoms with van der Waals surface area (Å²) in [6.07, 6.45) is 2.29. The lowest BCUT2D eigenvalue weighted by atomic mass is 10.1. The van der Waals surface area contributed by atoms with Gasteiger partial charge in [-0.2, -0.15) is 0 Å². The smallest absolute Gasteiger partial charge is 0.271 e. The number of nitrogens with one attached hydrogen (secondary N) is 1. The van der Waals surface area contributed by atoms with E-state index >= 15 is 0 Å². The Balaban J connectivity index is 1.66. The average molecular weight is 377 g/mol. The summed E-state index contributed by atoms with van der Waals surface area (Å²) in [7, 11) is 0. The molecule has 2 heterocycles. The van der Waals surface area contributed by atoms with Crippen LogP contribution in [0.3, 0.4) is 0 Å². The lowest BCUT2D eigenvalue weighted by Crippen LogP contribution is -2.28. The van der Waals surface area contributed by atoms with E-state index in [9.17, 15) is 9.59 Å². The van der Waals surface area contributed by atoms with Crippen molar-refractivity contribution in [2.24, 2.45) is 0 Å². The van der Waals surface area contributed by atoms with Gasteiger partial charge in [-0.1, -0.05) is 43.3 Å². The predicted molar refractivity (Wildman–Crippen MR) is 111 cm³/mol. The Bertz CT molecular complexity index is 1220. The van der Waals surface area contributed by atoms with Crippen LogP contribution < -0.4 is 10.9 Å². The van der Waals surface area contributed by atoms with Crippen molar-refractivity contribution >= 4 is 43.2 Å². The quantitative estimate of drug-likeness (QED) is 0.582. The second-order valence-electron chi connectivity index (χ2n) is 6.46. The third-order valence-electron chi connectivity index (χ3n) is 4.67. The maximum absolute atomic E-state index is 12.8. The molecular formula is C21H19N3O2S. The Morgan fingerprint density at radius 3 is 2.81 bits per heavy atom. The van der Waals surface area contributed by atoms with Crippen molar-refractivity contribution in [3.8, 4) is 0 Å². The predicted octanol–water partition coefficient (Wildman–Crippen LogP) is 4.12. The molecule has 2 aromatic heterocycles. The minimum atomic E-state index is -0.233. The van der Waals surface area contributed by atoms with E-state index < -0.39 is 0 Å². The van der Waals surface area contributed by atoms with E-state index in [1.807, 2.05) is 56.3 Å². The molecule has 0 bridgehead atoms. The third kappa shape index (κ3) is 3.13. The molecule has 1 amide bonds. The number of hydrogen-bond donors (Lipinski definition) is 1. The van der Waals surface area contributed by atoms with Gasteiger partial charge in [0.25, 0.3) is 5.56 Å². The molecule has 0 fully saturated rings. The first-order valence-electron chi connectivity index (χ1n) is 8.83. The zero-order valence-corrected chi connectivity index (χ0v) is 16.0. The van der Waals surface area contributed by atoms with Crippen molar-refractivity contribution < 1.29 is 4.79 Å². The van der Waals surface area contributed by atoms with E-state index in [1.54, 1.807) is 0 Å². The number of aromatic nitrogens is 2. The third-order valence-corrected chi connectivity index (χ3v) is 5.82. The molecular weight excluding hydrogens is 358 g/mol. The Hall–Kier alpha value is -2.99. The van der Waals surface area contributed by atoms with Crippen LogP contribution >= 0.6 is 11.3 Å². The number of anilines is 1. The number of carbonyl (C=O) groups is 1. The number of benzene rings is 2. The number of amides is 1. The summed E-state index contributed by atoms with van der Waals surface area (Å²) in [6.45, 7) is 3.95. The number of carbonyl (C=O) groups excluding carboxylic acids is 1. The van der Waals surface area contributed by atoms with Gasteiger partial charge in [0.2, 0.25) is 5.91 Å². The van der Waals surface area contributed by atoms with Gasteiger partial charge in [0, 0.05) is 15.8 Å². The van der Waals surface area contributed by atoms with Crippen LogP contribution in [-0.2, 0) is 17.8 Å². The van der Waals surface area contributed by atoms with Gasteiger partial charge in [-0.05, 0) is 30.5 Å². The van der Waals surface area contributed by atoms with Crippen LogP contribution in [0.1, 0.15) is 18.1 Å². The molecule has 1 N–H and O–H groups in total. The molecule has 136 valence electrons. The van der Waals surface area contributed by atoms with E-state index in [4.69, 9.17) is 0 Å². The fraction of sp³-hybridized carbons (Fsp3) is 0.190. The second-order valence-corrected chi connectivity index (χ2v) is 7.52. The van der Waals surface area contributed by atoms with E-state index in [0.717, 1.165) is 33.3 Å². The van der Waals surface area contributed by atoms with Gasteiger partial charge in [0.15, 0.2) is 0 Å². The van der Waals surface area contributed by atoms with Crippen LogP contribution in [0.4, 0.5) is 5.69 Å². The molecule has 0 aliphatic heterocycles. The van der Waals surface area contributed by atoms with Gasteiger partial charge in [0.1, 0.15) is 11.2 Å². The van der Waals surface area contributed by atoms with Crippen LogP contribution in [0.5, 0.6) is 0 Å². The normalized spacial score (nSPS) is 11.2. The number of thiophene rings is 1. The Kier molecular flexibility index (Phi) is 4.49. The van der Waals surface area contributed by atoms with Gasteiger partial charge in [0.05, 0.1) is 11.8 Å². The van der Waals surface area contributed by atoms with Crippen LogP contribution in [0.25, 0.3) is 20.3 Å². The van der Waals surface area contributed by atoms with E-state index in [2.05, 4.69) is 10.3 Å². The van der Waals surface area contributed by atoms with Gasteiger partial charge in [-0.15, -0.1) is 11.3 Å². The first-order valence-corrected chi connectivity index (χ1v) is 9.65. The lowest BCUT2D eigenvalue weighted by Gasteiger charge is -2.13. The molecule has 6 heteroatoms. The number of fused-ring (bicyclic) bond motifs is 3. The highest BCUT2D eigenvalue weighted by Crippen LogP contribution is 2.29. The largest absolute Gasteiger partial charge is 0.324 e. The summed E-state index contributed by atoms with van der Waals surface area (Å²) < 4.78 is 2.97. The summed E-state index contributed by atoms with van der Waals surface area (Å²) in [5, 5.41) is 3.93. The Morgan fingerprint density at radius 1 is 1.19 bits per heavy atom. The minimum absolute atomic E-state index is 0.0620. The lowest BCUT2D eigenvalue weighted by molar-refractivity contribution is -0.116. The Morgan fingerprint density at radius 2 is 2.00 bits per heavy atom. The topological polar surface area (TPSA) is 64.0 Å². The van der Waals surface area contributed by atoms with Gasteiger partial charge >= 0.3 is 0 Å². The molecule has 2 aromatic carbocycles. The molecule has 0 unspecified atom stereocenters. The maximum Gasteiger partial charge on any atom is 0.271 e. The van der Waals surface area contributed by atoms with E-state index in [1.165, 1.54) is 22.2 Å². The molecule has 0 atom stereocenters. The van der Waals surface area contributed by atoms with Crippen molar-refractivity contribution in [3.63, 3.8) is 0 Å². The summed E-state index contributed by atoms with van der Waals surface area (Å²) in [6, 6.07) is 13.8. The van der Waals surface area contributed by atoms with Gasteiger partial charge in [-0.25, -0.2) is 4.98 Å². The van der Waals surface area contributed by atoms with Crippen LogP contribution in [0.15, 0.2) is 53.6 Å². The molecule has 0 aliphatic carbocycles. The zero-order chi connectivity index (χ0) is 19.0. The number of para-hydroxylation sites is 1. The van der Waals surface area contributed by atoms with Crippen LogP contribution in [-0.4, -0.2) is 15.5 Å². The molecule has 27 heavy (non-hydrogen) atoms. The maximum atomic E-state index is 12.8. The van der Waals surface area contributed by atoms with E-state index in [0.29, 0.717) is 10.2 Å². The highest BCUT2D eigenvalue weighted by molar-refractivity contribution is 7.25. The average Bonchev–Trinajstić information content (AvgIpc) is 3.05. The first kappa shape index (κ1) is 17.4. The summed E-state index contributed by atoms with van der Waals surface area (Å²) >= 11 is 1.41. The van der Waals surface area contributed by atoms with Crippen LogP contribution in [0, 0.1) is 6.92 Å². The summed E-state index contributed by atoms with van der Waals surface area (Å²) in [5.41, 5.74) is 3.43. The molecule has 0 saturated carbocycles. The van der Waals surface area contributed by atoms with Gasteiger partial charge in [-0.3, -0.25) is 14.2 Å². The van der Waals surface area contributed by atoms with E-state index in [-0.39, 0.29) is 18.0 Å². The molecule has 0 radical (unpaired) electrons. The molecule has 4 rings (SSSR count). The molecule has 0 saturated heterocycles.